The molecule has 1 aromatic carbocycles. The lowest BCUT2D eigenvalue weighted by Crippen LogP contribution is -2.57. The van der Waals surface area contributed by atoms with Crippen LogP contribution in [0, 0.1) is 36.0 Å². The van der Waals surface area contributed by atoms with Crippen molar-refractivity contribution in [1.82, 2.24) is 20.2 Å². The Bertz CT molecular complexity index is 1690. The van der Waals surface area contributed by atoms with E-state index >= 15 is 0 Å². The first-order chi connectivity index (χ1) is 25.8. The summed E-state index contributed by atoms with van der Waals surface area (Å²) in [6, 6.07) is 14.4. The number of pyridine rings is 2. The van der Waals surface area contributed by atoms with Crippen molar-refractivity contribution in [3.05, 3.63) is 66.0 Å². The molecule has 4 N–H and O–H groups in total. The van der Waals surface area contributed by atoms with Crippen molar-refractivity contribution in [3.8, 4) is 5.75 Å². The van der Waals surface area contributed by atoms with Crippen LogP contribution in [-0.2, 0) is 11.2 Å². The number of phenolic OH excluding ortho intramolecular Hbond substituents is 1. The number of aromatic hydroxyl groups is 1. The van der Waals surface area contributed by atoms with Crippen LogP contribution < -0.4 is 25.8 Å². The van der Waals surface area contributed by atoms with Gasteiger partial charge in [-0.25, -0.2) is 9.97 Å². The first kappa shape index (κ1) is 37.4. The van der Waals surface area contributed by atoms with Crippen LogP contribution in [0.25, 0.3) is 0 Å². The molecule has 4 aliphatic rings. The molecule has 6 atom stereocenters. The summed E-state index contributed by atoms with van der Waals surface area (Å²) in [6.45, 7) is 18.5. The van der Waals surface area contributed by atoms with Gasteiger partial charge in [0.15, 0.2) is 11.6 Å². The number of hydrogen-bond acceptors (Lipinski definition) is 10. The van der Waals surface area contributed by atoms with Crippen LogP contribution in [0.3, 0.4) is 0 Å². The molecule has 2 aromatic heterocycles. The Kier molecular flexibility index (Phi) is 11.7. The van der Waals surface area contributed by atoms with Crippen molar-refractivity contribution in [3.63, 3.8) is 0 Å². The molecule has 0 radical (unpaired) electrons. The van der Waals surface area contributed by atoms with Gasteiger partial charge in [-0.2, -0.15) is 0 Å². The molecule has 2 saturated heterocycles. The Morgan fingerprint density at radius 3 is 2.40 bits per heavy atom. The number of ketones is 1. The topological polar surface area (TPSA) is 109 Å². The maximum absolute atomic E-state index is 13.8. The Hall–Kier alpha value is -3.89. The summed E-state index contributed by atoms with van der Waals surface area (Å²) in [5, 5.41) is 21.2. The number of carbonyl (C=O) groups excluding carboxylic acids is 1. The van der Waals surface area contributed by atoms with E-state index in [0.717, 1.165) is 114 Å². The molecule has 10 nitrogen and oxygen atoms in total. The lowest BCUT2D eigenvalue weighted by molar-refractivity contribution is -0.130. The third-order valence-electron chi connectivity index (χ3n) is 13.2. The minimum absolute atomic E-state index is 0.0488. The number of anilines is 4. The second kappa shape index (κ2) is 16.6. The van der Waals surface area contributed by atoms with Crippen LogP contribution in [0.1, 0.15) is 64.0 Å². The number of aromatic nitrogens is 2. The summed E-state index contributed by atoms with van der Waals surface area (Å²) < 4.78 is 0. The van der Waals surface area contributed by atoms with Gasteiger partial charge in [-0.05, 0) is 130 Å². The zero-order valence-electron chi connectivity index (χ0n) is 32.5. The Morgan fingerprint density at radius 1 is 0.943 bits per heavy atom. The van der Waals surface area contributed by atoms with Crippen molar-refractivity contribution in [2.45, 2.75) is 72.3 Å². The first-order valence-electron chi connectivity index (χ1n) is 20.4. The second-order valence-corrected chi connectivity index (χ2v) is 16.3. The summed E-state index contributed by atoms with van der Waals surface area (Å²) >= 11 is 0. The second-order valence-electron chi connectivity index (χ2n) is 16.3. The number of nitrogens with one attached hydrogen (secondary N) is 3. The molecule has 0 amide bonds. The summed E-state index contributed by atoms with van der Waals surface area (Å²) in [5.74, 6) is 4.55. The highest BCUT2D eigenvalue weighted by molar-refractivity contribution is 5.80. The largest absolute Gasteiger partial charge is 0.508 e. The van der Waals surface area contributed by atoms with Crippen LogP contribution in [0.4, 0.5) is 23.0 Å². The maximum Gasteiger partial charge on any atom is 0.152 e. The van der Waals surface area contributed by atoms with Crippen molar-refractivity contribution < 1.29 is 9.90 Å². The molecule has 7 rings (SSSR count). The van der Waals surface area contributed by atoms with Gasteiger partial charge in [-0.3, -0.25) is 9.69 Å². The Morgan fingerprint density at radius 2 is 1.66 bits per heavy atom. The number of nitrogens with zero attached hydrogens (tertiary/aromatic N) is 5. The highest BCUT2D eigenvalue weighted by Crippen LogP contribution is 2.62. The van der Waals surface area contributed by atoms with Crippen molar-refractivity contribution in [1.29, 1.82) is 0 Å². The zero-order chi connectivity index (χ0) is 37.0. The van der Waals surface area contributed by atoms with Crippen molar-refractivity contribution in [2.24, 2.45) is 29.1 Å². The lowest BCUT2D eigenvalue weighted by atomic mass is 9.57. The molecule has 3 aromatic rings. The van der Waals surface area contributed by atoms with Gasteiger partial charge in [0.05, 0.1) is 11.4 Å². The number of Topliss-reactive ketones (excluding diaryl/α,β-unsaturated/α-hetero) is 1. The van der Waals surface area contributed by atoms with E-state index in [1.165, 1.54) is 11.1 Å². The Balaban J connectivity index is 1.13. The summed E-state index contributed by atoms with van der Waals surface area (Å²) in [6.07, 6.45) is 9.30. The molecule has 0 bridgehead atoms. The van der Waals surface area contributed by atoms with Gasteiger partial charge in [-0.1, -0.05) is 13.0 Å². The average Bonchev–Trinajstić information content (AvgIpc) is 3.46. The number of rotatable bonds is 13. The molecule has 10 heteroatoms. The third kappa shape index (κ3) is 8.00. The number of phenols is 1. The minimum atomic E-state index is -0.0488. The average molecular weight is 723 g/mol. The van der Waals surface area contributed by atoms with E-state index in [2.05, 4.69) is 70.5 Å². The van der Waals surface area contributed by atoms with Crippen LogP contribution in [0.5, 0.6) is 5.75 Å². The molecule has 4 fully saturated rings. The summed E-state index contributed by atoms with van der Waals surface area (Å²) in [7, 11) is 0. The Labute approximate surface area is 317 Å². The van der Waals surface area contributed by atoms with E-state index in [9.17, 15) is 9.90 Å². The molecule has 4 heterocycles. The number of fused-ring (bicyclic) bond motifs is 1. The minimum Gasteiger partial charge on any atom is -0.508 e. The molecule has 2 saturated carbocycles. The number of aryl methyl sites for hydroxylation is 2. The van der Waals surface area contributed by atoms with Crippen molar-refractivity contribution >= 4 is 28.8 Å². The number of benzene rings is 1. The standard InChI is InChI=1S/C43H62N8O2/c1-5-45-37-9-7-16-47-41(37)50-23-21-49(22-24-50)19-15-33-27-36(39-29-44-18-20-51(39)42-38(46-6-2)10-8-17-48-42)40-32(26-35(53)28-43(33,40)4)13-12-31-25-34(52)14-11-30(31)3/h7-11,14,16-17,25,32-33,36,39-40,44-46,52H,5-6,12-13,15,18-24,26-29H2,1-4H3. The highest BCUT2D eigenvalue weighted by Gasteiger charge is 2.59. The SMILES string of the molecule is CCNc1cccnc1N1CCN(CCC2CC(C3CNCCN3c3ncccc3NCC)C3C(CCc4cc(O)ccc4C)CC(=O)CC23C)CC1. The smallest absolute Gasteiger partial charge is 0.152 e. The van der Waals surface area contributed by atoms with Crippen LogP contribution >= 0.6 is 0 Å². The van der Waals surface area contributed by atoms with Gasteiger partial charge in [0, 0.05) is 90.2 Å². The van der Waals surface area contributed by atoms with Gasteiger partial charge >= 0.3 is 0 Å². The van der Waals surface area contributed by atoms with E-state index in [1.54, 1.807) is 6.07 Å². The van der Waals surface area contributed by atoms with Gasteiger partial charge in [0.1, 0.15) is 11.5 Å². The van der Waals surface area contributed by atoms with E-state index in [-0.39, 0.29) is 5.41 Å². The predicted octanol–water partition coefficient (Wildman–Crippen LogP) is 6.22. The van der Waals surface area contributed by atoms with Gasteiger partial charge in [0.2, 0.25) is 0 Å². The van der Waals surface area contributed by atoms with E-state index in [0.29, 0.717) is 54.1 Å². The third-order valence-corrected chi connectivity index (χ3v) is 13.2. The van der Waals surface area contributed by atoms with E-state index < -0.39 is 0 Å². The fourth-order valence-corrected chi connectivity index (χ4v) is 10.8. The van der Waals surface area contributed by atoms with E-state index in [4.69, 9.17) is 9.97 Å². The number of hydrogen-bond donors (Lipinski definition) is 4. The molecule has 2 aliphatic heterocycles. The van der Waals surface area contributed by atoms with Gasteiger partial charge in [0.25, 0.3) is 0 Å². The molecule has 6 unspecified atom stereocenters. The zero-order valence-corrected chi connectivity index (χ0v) is 32.5. The van der Waals surface area contributed by atoms with Crippen LogP contribution in [0.2, 0.25) is 0 Å². The molecule has 2 aliphatic carbocycles. The highest BCUT2D eigenvalue weighted by atomic mass is 16.3. The van der Waals surface area contributed by atoms with Crippen LogP contribution in [0.15, 0.2) is 54.9 Å². The molecule has 286 valence electrons. The summed E-state index contributed by atoms with van der Waals surface area (Å²) in [5.41, 5.74) is 4.58. The van der Waals surface area contributed by atoms with E-state index in [1.807, 2.05) is 36.7 Å². The van der Waals surface area contributed by atoms with Gasteiger partial charge in [-0.15, -0.1) is 0 Å². The fourth-order valence-electron chi connectivity index (χ4n) is 10.8. The molecular weight excluding hydrogens is 661 g/mol. The summed E-state index contributed by atoms with van der Waals surface area (Å²) in [4.78, 5) is 31.2. The predicted molar refractivity (Wildman–Crippen MR) is 216 cm³/mol. The van der Waals surface area contributed by atoms with Crippen molar-refractivity contribution in [2.75, 3.05) is 85.9 Å². The quantitative estimate of drug-likeness (QED) is 0.163. The fraction of sp³-hybridized carbons (Fsp3) is 0.605. The normalized spacial score (nSPS) is 27.8. The van der Waals surface area contributed by atoms with Crippen LogP contribution in [-0.4, -0.2) is 97.2 Å². The lowest BCUT2D eigenvalue weighted by Gasteiger charge is -2.49. The maximum atomic E-state index is 13.8. The molecule has 0 spiro atoms. The molecular formula is C43H62N8O2. The monoisotopic (exact) mass is 722 g/mol. The number of carbonyl (C=O) groups is 1. The molecule has 53 heavy (non-hydrogen) atoms. The van der Waals surface area contributed by atoms with Gasteiger partial charge < -0.3 is 30.9 Å². The first-order valence-corrected chi connectivity index (χ1v) is 20.4. The number of piperazine rings is 2.